The fourth-order valence-electron chi connectivity index (χ4n) is 9.52. The molecule has 0 spiro atoms. The van der Waals surface area contributed by atoms with Crippen molar-refractivity contribution < 1.29 is 28.4 Å². The van der Waals surface area contributed by atoms with E-state index in [0.29, 0.717) is 39.6 Å². The van der Waals surface area contributed by atoms with Crippen LogP contribution in [0.5, 0.6) is 11.5 Å². The van der Waals surface area contributed by atoms with Crippen molar-refractivity contribution in [2.75, 3.05) is 52.9 Å². The second-order valence-corrected chi connectivity index (χ2v) is 16.9. The van der Waals surface area contributed by atoms with Crippen molar-refractivity contribution in [2.45, 2.75) is 17.6 Å². The Morgan fingerprint density at radius 3 is 1.00 bits per heavy atom. The number of hydrogen-bond acceptors (Lipinski definition) is 6. The second-order valence-electron chi connectivity index (χ2n) is 16.9. The maximum atomic E-state index is 6.92. The van der Waals surface area contributed by atoms with E-state index in [1.54, 1.807) is 0 Å². The minimum Gasteiger partial charge on any atom is -0.490 e. The summed E-state index contributed by atoms with van der Waals surface area (Å²) in [6.07, 6.45) is 0.378. The van der Waals surface area contributed by atoms with E-state index in [-0.39, 0.29) is 12.2 Å². The van der Waals surface area contributed by atoms with Crippen LogP contribution in [-0.4, -0.2) is 65.1 Å². The van der Waals surface area contributed by atoms with Crippen LogP contribution in [0.4, 0.5) is 0 Å². The zero-order chi connectivity index (χ0) is 43.4. The molecule has 0 amide bonds. The number of hydrogen-bond donors (Lipinski definition) is 0. The van der Waals surface area contributed by atoms with E-state index >= 15 is 0 Å². The van der Waals surface area contributed by atoms with Gasteiger partial charge in [-0.3, -0.25) is 0 Å². The van der Waals surface area contributed by atoms with Crippen molar-refractivity contribution in [3.8, 4) is 67.1 Å². The lowest BCUT2D eigenvalue weighted by atomic mass is 9.66. The van der Waals surface area contributed by atoms with Crippen molar-refractivity contribution in [1.29, 1.82) is 0 Å². The molecular weight excluding hydrogens is 805 g/mol. The molecule has 8 aromatic rings. The van der Waals surface area contributed by atoms with Gasteiger partial charge in [0.15, 0.2) is 0 Å². The Kier molecular flexibility index (Phi) is 11.6. The van der Waals surface area contributed by atoms with E-state index in [4.69, 9.17) is 28.4 Å². The number of epoxide rings is 2. The van der Waals surface area contributed by atoms with Crippen LogP contribution in [-0.2, 0) is 24.4 Å². The Morgan fingerprint density at radius 2 is 0.677 bits per heavy atom. The van der Waals surface area contributed by atoms with Crippen molar-refractivity contribution in [3.63, 3.8) is 0 Å². The summed E-state index contributed by atoms with van der Waals surface area (Å²) in [7, 11) is 0. The van der Waals surface area contributed by atoms with E-state index in [0.717, 1.165) is 80.3 Å². The molecule has 6 heteroatoms. The van der Waals surface area contributed by atoms with Crippen molar-refractivity contribution in [3.05, 3.63) is 216 Å². The van der Waals surface area contributed by atoms with Gasteiger partial charge in [0.25, 0.3) is 0 Å². The molecule has 8 aromatic carbocycles. The quantitative estimate of drug-likeness (QED) is 0.0633. The first-order chi connectivity index (χ1) is 32.3. The van der Waals surface area contributed by atoms with Gasteiger partial charge in [0.05, 0.1) is 45.1 Å². The van der Waals surface area contributed by atoms with Crippen LogP contribution in [0.25, 0.3) is 55.6 Å². The van der Waals surface area contributed by atoms with Gasteiger partial charge >= 0.3 is 0 Å². The number of rotatable bonds is 18. The van der Waals surface area contributed by atoms with Gasteiger partial charge in [-0.25, -0.2) is 0 Å². The molecule has 2 heterocycles. The predicted octanol–water partition coefficient (Wildman–Crippen LogP) is 12.3. The van der Waals surface area contributed by atoms with E-state index in [9.17, 15) is 0 Å². The second kappa shape index (κ2) is 18.4. The minimum absolute atomic E-state index is 0.189. The maximum Gasteiger partial charge on any atom is 0.135 e. The van der Waals surface area contributed by atoms with Crippen LogP contribution in [0, 0.1) is 0 Å². The predicted molar refractivity (Wildman–Crippen MR) is 258 cm³/mol. The van der Waals surface area contributed by atoms with Crippen LogP contribution < -0.4 is 9.47 Å². The first-order valence-corrected chi connectivity index (χ1v) is 22.7. The van der Waals surface area contributed by atoms with Gasteiger partial charge < -0.3 is 28.4 Å². The third-order valence-corrected chi connectivity index (χ3v) is 12.7. The lowest BCUT2D eigenvalue weighted by Crippen LogP contribution is -2.29. The topological polar surface area (TPSA) is 62.0 Å². The molecule has 1 aliphatic carbocycles. The fourth-order valence-corrected chi connectivity index (χ4v) is 9.52. The molecule has 2 unspecified atom stereocenters. The Morgan fingerprint density at radius 1 is 0.369 bits per heavy atom. The summed E-state index contributed by atoms with van der Waals surface area (Å²) in [6.45, 7) is 4.35. The molecule has 0 saturated carbocycles. The molecular formula is C59H50O6. The van der Waals surface area contributed by atoms with Gasteiger partial charge in [-0.15, -0.1) is 0 Å². The third-order valence-electron chi connectivity index (χ3n) is 12.7. The smallest absolute Gasteiger partial charge is 0.135 e. The Bertz CT molecular complexity index is 2570. The highest BCUT2D eigenvalue weighted by molar-refractivity contribution is 5.92. The molecule has 2 fully saturated rings. The number of benzene rings is 8. The van der Waals surface area contributed by atoms with Crippen LogP contribution in [0.2, 0.25) is 0 Å². The normalized spacial score (nSPS) is 16.4. The molecule has 2 atom stereocenters. The standard InChI is InChI=1S/C59H50O6/c1-5-17-41(18-6-1)51-33-45(34-52(42-19-7-2-8-20-42)57(51)62-31-29-60-37-47-39-64-47)59(55-27-15-13-25-49(55)50-26-14-16-28-56(50)59)46-35-53(43-21-9-3-10-22-43)58(63-32-30-61-38-48-40-65-48)54(36-46)44-23-11-4-12-24-44/h1-28,33-36,47-48H,29-32,37-40H2. The van der Waals surface area contributed by atoms with Gasteiger partial charge in [-0.1, -0.05) is 170 Å². The molecule has 6 nitrogen and oxygen atoms in total. The molecule has 3 aliphatic rings. The van der Waals surface area contributed by atoms with Gasteiger partial charge in [0.1, 0.15) is 36.9 Å². The number of ether oxygens (including phenoxy) is 6. The zero-order valence-corrected chi connectivity index (χ0v) is 36.2. The Hall–Kier alpha value is -6.80. The largest absolute Gasteiger partial charge is 0.490 e. The van der Waals surface area contributed by atoms with Crippen LogP contribution >= 0.6 is 0 Å². The number of fused-ring (bicyclic) bond motifs is 3. The van der Waals surface area contributed by atoms with Gasteiger partial charge in [-0.2, -0.15) is 0 Å². The van der Waals surface area contributed by atoms with Crippen LogP contribution in [0.1, 0.15) is 22.3 Å². The highest BCUT2D eigenvalue weighted by Gasteiger charge is 2.47. The Labute approximate surface area is 381 Å². The molecule has 2 saturated heterocycles. The average molecular weight is 855 g/mol. The van der Waals surface area contributed by atoms with E-state index in [2.05, 4.69) is 194 Å². The van der Waals surface area contributed by atoms with Crippen molar-refractivity contribution in [2.24, 2.45) is 0 Å². The summed E-state index contributed by atoms with van der Waals surface area (Å²) in [4.78, 5) is 0. The molecule has 2 aliphatic heterocycles. The van der Waals surface area contributed by atoms with E-state index < -0.39 is 5.41 Å². The van der Waals surface area contributed by atoms with Crippen molar-refractivity contribution >= 4 is 0 Å². The molecule has 0 aromatic heterocycles. The highest BCUT2D eigenvalue weighted by atomic mass is 16.6. The van der Waals surface area contributed by atoms with Gasteiger partial charge in [0.2, 0.25) is 0 Å². The van der Waals surface area contributed by atoms with Crippen LogP contribution in [0.3, 0.4) is 0 Å². The molecule has 11 rings (SSSR count). The van der Waals surface area contributed by atoms with Crippen LogP contribution in [0.15, 0.2) is 194 Å². The van der Waals surface area contributed by atoms with E-state index in [1.165, 1.54) is 22.3 Å². The van der Waals surface area contributed by atoms with E-state index in [1.807, 2.05) is 0 Å². The molecule has 0 N–H and O–H groups in total. The minimum atomic E-state index is -0.787. The SMILES string of the molecule is c1ccc(-c2cc(C3(c4cc(-c5ccccc5)c(OCCOCC5CO5)c(-c5ccccc5)c4)c4ccccc4-c4ccccc43)cc(-c3ccccc3)c2OCCOCC2CO2)cc1. The zero-order valence-electron chi connectivity index (χ0n) is 36.2. The summed E-state index contributed by atoms with van der Waals surface area (Å²) in [6, 6.07) is 69.9. The lowest BCUT2D eigenvalue weighted by Gasteiger charge is -2.36. The summed E-state index contributed by atoms with van der Waals surface area (Å²) in [5.74, 6) is 1.64. The monoisotopic (exact) mass is 854 g/mol. The first kappa shape index (κ1) is 40.9. The molecule has 322 valence electrons. The fraction of sp³-hybridized carbons (Fsp3) is 0.186. The first-order valence-electron chi connectivity index (χ1n) is 22.7. The maximum absolute atomic E-state index is 6.92. The summed E-state index contributed by atoms with van der Waals surface area (Å²) >= 11 is 0. The molecule has 65 heavy (non-hydrogen) atoms. The molecule has 0 radical (unpaired) electrons. The van der Waals surface area contributed by atoms with Gasteiger partial charge in [0, 0.05) is 22.3 Å². The molecule has 0 bridgehead atoms. The summed E-state index contributed by atoms with van der Waals surface area (Å²) < 4.78 is 36.7. The third kappa shape index (κ3) is 8.27. The average Bonchev–Trinajstić information content (AvgIpc) is 4.33. The summed E-state index contributed by atoms with van der Waals surface area (Å²) in [5, 5.41) is 0. The van der Waals surface area contributed by atoms with Crippen molar-refractivity contribution in [1.82, 2.24) is 0 Å². The van der Waals surface area contributed by atoms with Gasteiger partial charge in [-0.05, 0) is 79.9 Å². The summed E-state index contributed by atoms with van der Waals surface area (Å²) in [5.41, 5.74) is 14.6. The lowest BCUT2D eigenvalue weighted by molar-refractivity contribution is 0.0881. The Balaban J connectivity index is 1.19. The highest BCUT2D eigenvalue weighted by Crippen LogP contribution is 2.59.